The van der Waals surface area contributed by atoms with Gasteiger partial charge in [-0.05, 0) is 20.8 Å². The molecule has 1 heterocycles. The van der Waals surface area contributed by atoms with E-state index < -0.39 is 11.6 Å². The molecule has 18 heavy (non-hydrogen) atoms. The minimum atomic E-state index is -0.530. The standard InChI is InChI=1S/C11H17N3O4/c1-11(2,3)18-10(16)5-4-9(15)12-6-8-13-7-17-14-8/h7H,4-6H2,1-3H3,(H,12,15). The van der Waals surface area contributed by atoms with Crippen LogP contribution in [0.4, 0.5) is 0 Å². The van der Waals surface area contributed by atoms with Crippen LogP contribution >= 0.6 is 0 Å². The summed E-state index contributed by atoms with van der Waals surface area (Å²) in [5, 5.41) is 6.11. The molecule has 1 amide bonds. The minimum absolute atomic E-state index is 0.0509. The van der Waals surface area contributed by atoms with E-state index in [0.29, 0.717) is 5.82 Å². The van der Waals surface area contributed by atoms with Crippen molar-refractivity contribution >= 4 is 11.9 Å². The van der Waals surface area contributed by atoms with E-state index in [1.54, 1.807) is 20.8 Å². The summed E-state index contributed by atoms with van der Waals surface area (Å²) in [5.41, 5.74) is -0.530. The van der Waals surface area contributed by atoms with Gasteiger partial charge in [0.15, 0.2) is 5.82 Å². The third-order valence-electron chi connectivity index (χ3n) is 1.83. The summed E-state index contributed by atoms with van der Waals surface area (Å²) in [6, 6.07) is 0. The van der Waals surface area contributed by atoms with Gasteiger partial charge in [-0.15, -0.1) is 0 Å². The second-order valence-corrected chi connectivity index (χ2v) is 4.71. The van der Waals surface area contributed by atoms with E-state index in [0.717, 1.165) is 0 Å². The van der Waals surface area contributed by atoms with Crippen LogP contribution in [0.15, 0.2) is 10.9 Å². The van der Waals surface area contributed by atoms with Gasteiger partial charge in [-0.25, -0.2) is 0 Å². The van der Waals surface area contributed by atoms with E-state index in [4.69, 9.17) is 4.74 Å². The molecule has 0 saturated carbocycles. The number of carbonyl (C=O) groups is 2. The van der Waals surface area contributed by atoms with Crippen molar-refractivity contribution in [1.82, 2.24) is 15.5 Å². The fraction of sp³-hybridized carbons (Fsp3) is 0.636. The summed E-state index contributed by atoms with van der Waals surface area (Å²) in [4.78, 5) is 26.5. The van der Waals surface area contributed by atoms with Gasteiger partial charge in [-0.1, -0.05) is 5.16 Å². The molecule has 0 unspecified atom stereocenters. The smallest absolute Gasteiger partial charge is 0.306 e. The SMILES string of the molecule is CC(C)(C)OC(=O)CCC(=O)NCc1ncon1. The Hall–Kier alpha value is -1.92. The third-order valence-corrected chi connectivity index (χ3v) is 1.83. The number of nitrogens with zero attached hydrogens (tertiary/aromatic N) is 2. The van der Waals surface area contributed by atoms with Gasteiger partial charge in [0.05, 0.1) is 13.0 Å². The van der Waals surface area contributed by atoms with Gasteiger partial charge in [-0.3, -0.25) is 9.59 Å². The molecule has 1 rings (SSSR count). The second-order valence-electron chi connectivity index (χ2n) is 4.71. The zero-order valence-corrected chi connectivity index (χ0v) is 10.7. The largest absolute Gasteiger partial charge is 0.460 e. The second kappa shape index (κ2) is 6.13. The first kappa shape index (κ1) is 14.1. The molecular formula is C11H17N3O4. The zero-order valence-electron chi connectivity index (χ0n) is 10.7. The van der Waals surface area contributed by atoms with Crippen molar-refractivity contribution in [3.63, 3.8) is 0 Å². The van der Waals surface area contributed by atoms with Crippen molar-refractivity contribution in [2.75, 3.05) is 0 Å². The monoisotopic (exact) mass is 255 g/mol. The summed E-state index contributed by atoms with van der Waals surface area (Å²) in [6.07, 6.45) is 1.31. The molecule has 0 aliphatic heterocycles. The summed E-state index contributed by atoms with van der Waals surface area (Å²) in [6.45, 7) is 5.52. The maximum absolute atomic E-state index is 11.4. The number of rotatable bonds is 5. The minimum Gasteiger partial charge on any atom is -0.460 e. The van der Waals surface area contributed by atoms with E-state index in [1.165, 1.54) is 6.39 Å². The third kappa shape index (κ3) is 5.97. The molecule has 0 atom stereocenters. The van der Waals surface area contributed by atoms with Gasteiger partial charge in [0, 0.05) is 6.42 Å². The molecule has 0 spiro atoms. The van der Waals surface area contributed by atoms with Gasteiger partial charge in [0.25, 0.3) is 0 Å². The number of carbonyl (C=O) groups excluding carboxylic acids is 2. The van der Waals surface area contributed by atoms with E-state index in [-0.39, 0.29) is 25.3 Å². The molecule has 7 nitrogen and oxygen atoms in total. The Morgan fingerprint density at radius 1 is 1.39 bits per heavy atom. The maximum Gasteiger partial charge on any atom is 0.306 e. The first-order valence-corrected chi connectivity index (χ1v) is 5.60. The average Bonchev–Trinajstić information content (AvgIpc) is 2.74. The zero-order chi connectivity index (χ0) is 13.6. The van der Waals surface area contributed by atoms with Crippen molar-refractivity contribution in [2.45, 2.75) is 45.8 Å². The summed E-state index contributed by atoms with van der Waals surface area (Å²) in [7, 11) is 0. The highest BCUT2D eigenvalue weighted by Crippen LogP contribution is 2.08. The average molecular weight is 255 g/mol. The summed E-state index contributed by atoms with van der Waals surface area (Å²) in [5.74, 6) is -0.261. The molecule has 0 radical (unpaired) electrons. The highest BCUT2D eigenvalue weighted by molar-refractivity contribution is 5.81. The number of aromatic nitrogens is 2. The Morgan fingerprint density at radius 2 is 2.11 bits per heavy atom. The van der Waals surface area contributed by atoms with E-state index >= 15 is 0 Å². The van der Waals surface area contributed by atoms with Crippen molar-refractivity contribution in [1.29, 1.82) is 0 Å². The molecule has 0 aromatic carbocycles. The van der Waals surface area contributed by atoms with Crippen molar-refractivity contribution < 1.29 is 18.8 Å². The maximum atomic E-state index is 11.4. The van der Waals surface area contributed by atoms with E-state index in [1.807, 2.05) is 0 Å². The van der Waals surface area contributed by atoms with Gasteiger partial charge >= 0.3 is 5.97 Å². The van der Waals surface area contributed by atoms with Crippen molar-refractivity contribution in [3.05, 3.63) is 12.2 Å². The number of ether oxygens (including phenoxy) is 1. The molecule has 1 aromatic rings. The molecule has 1 aromatic heterocycles. The van der Waals surface area contributed by atoms with Crippen LogP contribution in [0.3, 0.4) is 0 Å². The number of hydrogen-bond acceptors (Lipinski definition) is 6. The van der Waals surface area contributed by atoms with Gasteiger partial charge in [0.2, 0.25) is 12.3 Å². The van der Waals surface area contributed by atoms with Gasteiger partial charge < -0.3 is 14.6 Å². The fourth-order valence-electron chi connectivity index (χ4n) is 1.14. The van der Waals surface area contributed by atoms with Crippen LogP contribution in [0.1, 0.15) is 39.4 Å². The molecule has 1 N–H and O–H groups in total. The van der Waals surface area contributed by atoms with Crippen LogP contribution < -0.4 is 5.32 Å². The Morgan fingerprint density at radius 3 is 2.67 bits per heavy atom. The lowest BCUT2D eigenvalue weighted by atomic mass is 10.2. The lowest BCUT2D eigenvalue weighted by molar-refractivity contribution is -0.155. The van der Waals surface area contributed by atoms with E-state index in [2.05, 4.69) is 20.0 Å². The summed E-state index contributed by atoms with van der Waals surface area (Å²) >= 11 is 0. The molecular weight excluding hydrogens is 238 g/mol. The molecule has 0 saturated heterocycles. The lowest BCUT2D eigenvalue weighted by Gasteiger charge is -2.19. The lowest BCUT2D eigenvalue weighted by Crippen LogP contribution is -2.27. The van der Waals surface area contributed by atoms with Crippen molar-refractivity contribution in [2.24, 2.45) is 0 Å². The number of amides is 1. The van der Waals surface area contributed by atoms with Crippen LogP contribution in [0.2, 0.25) is 0 Å². The Bertz CT molecular complexity index is 395. The topological polar surface area (TPSA) is 94.3 Å². The quantitative estimate of drug-likeness (QED) is 0.782. The Balaban J connectivity index is 2.19. The Kier molecular flexibility index (Phi) is 4.82. The van der Waals surface area contributed by atoms with Gasteiger partial charge in [-0.2, -0.15) is 4.98 Å². The molecule has 0 aliphatic carbocycles. The molecule has 7 heteroatoms. The van der Waals surface area contributed by atoms with E-state index in [9.17, 15) is 9.59 Å². The molecule has 0 aliphatic rings. The first-order valence-electron chi connectivity index (χ1n) is 5.60. The molecule has 100 valence electrons. The first-order chi connectivity index (χ1) is 8.37. The van der Waals surface area contributed by atoms with Crippen LogP contribution in [0.25, 0.3) is 0 Å². The molecule has 0 bridgehead atoms. The number of nitrogens with one attached hydrogen (secondary N) is 1. The van der Waals surface area contributed by atoms with Crippen LogP contribution in [0, 0.1) is 0 Å². The van der Waals surface area contributed by atoms with Crippen LogP contribution in [-0.4, -0.2) is 27.6 Å². The summed E-state index contributed by atoms with van der Waals surface area (Å²) < 4.78 is 9.59. The predicted octanol–water partition coefficient (Wildman–Crippen LogP) is 0.808. The number of hydrogen-bond donors (Lipinski definition) is 1. The Labute approximate surface area is 105 Å². The highest BCUT2D eigenvalue weighted by Gasteiger charge is 2.17. The van der Waals surface area contributed by atoms with Crippen molar-refractivity contribution in [3.8, 4) is 0 Å². The van der Waals surface area contributed by atoms with Crippen LogP contribution in [0.5, 0.6) is 0 Å². The predicted molar refractivity (Wildman–Crippen MR) is 61.2 cm³/mol. The highest BCUT2D eigenvalue weighted by atomic mass is 16.6. The fourth-order valence-corrected chi connectivity index (χ4v) is 1.14. The van der Waals surface area contributed by atoms with Crippen LogP contribution in [-0.2, 0) is 20.9 Å². The normalized spacial score (nSPS) is 11.1. The molecule has 0 fully saturated rings. The van der Waals surface area contributed by atoms with Gasteiger partial charge in [0.1, 0.15) is 5.60 Å². The number of esters is 1.